The van der Waals surface area contributed by atoms with Crippen LogP contribution in [0.2, 0.25) is 5.02 Å². The van der Waals surface area contributed by atoms with Crippen molar-refractivity contribution in [3.05, 3.63) is 71.8 Å². The quantitative estimate of drug-likeness (QED) is 0.456. The molecule has 3 N–H and O–H groups in total. The van der Waals surface area contributed by atoms with Crippen molar-refractivity contribution >= 4 is 39.9 Å². The molecule has 8 nitrogen and oxygen atoms in total. The van der Waals surface area contributed by atoms with Crippen LogP contribution in [0, 0.1) is 0 Å². The van der Waals surface area contributed by atoms with Gasteiger partial charge in [0.05, 0.1) is 5.69 Å². The topological polar surface area (TPSA) is 108 Å². The standard InChI is InChI=1S/C20H14ClN7O/c21-14-6-9-16(10-7-14)28-18(22)17(24-27-28)19-25-26-20(29-19)23-15-8-5-12-3-1-2-4-13(12)11-15/h1-11H,22H2,(H,23,26). The SMILES string of the molecule is Nc1c(-c2nnc(Nc3ccc4ccccc4c3)o2)nnn1-c1ccc(Cl)cc1. The van der Waals surface area contributed by atoms with Gasteiger partial charge in [-0.05, 0) is 47.2 Å². The smallest absolute Gasteiger partial charge is 0.320 e. The molecule has 142 valence electrons. The first kappa shape index (κ1) is 17.2. The van der Waals surface area contributed by atoms with Crippen molar-refractivity contribution in [2.45, 2.75) is 0 Å². The van der Waals surface area contributed by atoms with Crippen molar-refractivity contribution in [3.8, 4) is 17.3 Å². The van der Waals surface area contributed by atoms with Gasteiger partial charge in [0.25, 0.3) is 5.89 Å². The van der Waals surface area contributed by atoms with Crippen molar-refractivity contribution in [3.63, 3.8) is 0 Å². The average Bonchev–Trinajstić information content (AvgIpc) is 3.35. The van der Waals surface area contributed by atoms with E-state index < -0.39 is 0 Å². The number of hydrogen-bond acceptors (Lipinski definition) is 7. The van der Waals surface area contributed by atoms with Crippen LogP contribution < -0.4 is 11.1 Å². The number of fused-ring (bicyclic) bond motifs is 1. The van der Waals surface area contributed by atoms with Crippen molar-refractivity contribution < 1.29 is 4.42 Å². The summed E-state index contributed by atoms with van der Waals surface area (Å²) in [6.45, 7) is 0. The minimum atomic E-state index is 0.172. The Morgan fingerprint density at radius 3 is 2.52 bits per heavy atom. The maximum atomic E-state index is 6.19. The number of anilines is 3. The Morgan fingerprint density at radius 2 is 1.69 bits per heavy atom. The number of halogens is 1. The summed E-state index contributed by atoms with van der Waals surface area (Å²) < 4.78 is 7.16. The second-order valence-electron chi connectivity index (χ2n) is 6.31. The molecule has 2 heterocycles. The van der Waals surface area contributed by atoms with Gasteiger partial charge in [-0.2, -0.15) is 4.68 Å². The molecule has 0 aliphatic heterocycles. The molecule has 9 heteroatoms. The van der Waals surface area contributed by atoms with Gasteiger partial charge < -0.3 is 15.5 Å². The van der Waals surface area contributed by atoms with Crippen LogP contribution in [0.1, 0.15) is 0 Å². The van der Waals surface area contributed by atoms with Crippen LogP contribution in [0.4, 0.5) is 17.5 Å². The first-order valence-electron chi connectivity index (χ1n) is 8.74. The van der Waals surface area contributed by atoms with Gasteiger partial charge in [-0.1, -0.05) is 52.2 Å². The molecule has 0 aliphatic rings. The van der Waals surface area contributed by atoms with Gasteiger partial charge in [-0.3, -0.25) is 0 Å². The molecular weight excluding hydrogens is 390 g/mol. The lowest BCUT2D eigenvalue weighted by molar-refractivity contribution is 0.585. The van der Waals surface area contributed by atoms with Crippen molar-refractivity contribution in [2.75, 3.05) is 11.1 Å². The second-order valence-corrected chi connectivity index (χ2v) is 6.75. The van der Waals surface area contributed by atoms with Crippen LogP contribution in [-0.2, 0) is 0 Å². The summed E-state index contributed by atoms with van der Waals surface area (Å²) in [7, 11) is 0. The molecule has 0 bridgehead atoms. The van der Waals surface area contributed by atoms with Crippen molar-refractivity contribution in [1.29, 1.82) is 0 Å². The number of benzene rings is 3. The lowest BCUT2D eigenvalue weighted by Gasteiger charge is -2.03. The number of nitrogens with one attached hydrogen (secondary N) is 1. The van der Waals surface area contributed by atoms with E-state index in [-0.39, 0.29) is 17.7 Å². The van der Waals surface area contributed by atoms with E-state index in [4.69, 9.17) is 21.8 Å². The van der Waals surface area contributed by atoms with Crippen LogP contribution in [0.25, 0.3) is 28.0 Å². The molecule has 5 aromatic rings. The van der Waals surface area contributed by atoms with E-state index in [0.717, 1.165) is 22.1 Å². The summed E-state index contributed by atoms with van der Waals surface area (Å²) in [6, 6.07) is 21.3. The zero-order valence-corrected chi connectivity index (χ0v) is 15.7. The fourth-order valence-corrected chi connectivity index (χ4v) is 3.10. The predicted molar refractivity (Wildman–Crippen MR) is 111 cm³/mol. The fraction of sp³-hybridized carbons (Fsp3) is 0. The first-order chi connectivity index (χ1) is 14.2. The van der Waals surface area contributed by atoms with Crippen molar-refractivity contribution in [2.24, 2.45) is 0 Å². The van der Waals surface area contributed by atoms with Crippen LogP contribution in [0.3, 0.4) is 0 Å². The third-order valence-corrected chi connectivity index (χ3v) is 4.66. The average molecular weight is 404 g/mol. The van der Waals surface area contributed by atoms with Gasteiger partial charge in [0.15, 0.2) is 11.5 Å². The molecule has 0 atom stereocenters. The van der Waals surface area contributed by atoms with Gasteiger partial charge in [0.1, 0.15) is 0 Å². The molecule has 0 saturated heterocycles. The highest BCUT2D eigenvalue weighted by Gasteiger charge is 2.19. The summed E-state index contributed by atoms with van der Waals surface area (Å²) in [5.74, 6) is 0.458. The summed E-state index contributed by atoms with van der Waals surface area (Å²) >= 11 is 5.92. The van der Waals surface area contributed by atoms with Gasteiger partial charge >= 0.3 is 6.01 Å². The predicted octanol–water partition coefficient (Wildman–Crippen LogP) is 4.45. The number of nitrogen functional groups attached to an aromatic ring is 1. The lowest BCUT2D eigenvalue weighted by atomic mass is 10.1. The van der Waals surface area contributed by atoms with Gasteiger partial charge in [-0.15, -0.1) is 10.2 Å². The van der Waals surface area contributed by atoms with Gasteiger partial charge in [-0.25, -0.2) is 0 Å². The Morgan fingerprint density at radius 1 is 0.897 bits per heavy atom. The van der Waals surface area contributed by atoms with Crippen molar-refractivity contribution in [1.82, 2.24) is 25.2 Å². The van der Waals surface area contributed by atoms with E-state index in [1.165, 1.54) is 4.68 Å². The Hall–Kier alpha value is -3.91. The van der Waals surface area contributed by atoms with Crippen LogP contribution in [0.5, 0.6) is 0 Å². The number of nitrogens with two attached hydrogens (primary N) is 1. The van der Waals surface area contributed by atoms with E-state index in [1.807, 2.05) is 36.4 Å². The highest BCUT2D eigenvalue weighted by atomic mass is 35.5. The Labute approximate surface area is 169 Å². The van der Waals surface area contributed by atoms with E-state index >= 15 is 0 Å². The number of aromatic nitrogens is 5. The van der Waals surface area contributed by atoms with E-state index in [2.05, 4.69) is 31.9 Å². The number of nitrogens with zero attached hydrogens (tertiary/aromatic N) is 5. The largest absolute Gasteiger partial charge is 0.401 e. The molecule has 3 aromatic carbocycles. The Bertz CT molecular complexity index is 1310. The first-order valence-corrected chi connectivity index (χ1v) is 9.12. The minimum Gasteiger partial charge on any atom is -0.401 e. The molecule has 0 amide bonds. The second kappa shape index (κ2) is 6.92. The lowest BCUT2D eigenvalue weighted by Crippen LogP contribution is -2.02. The zero-order valence-electron chi connectivity index (χ0n) is 15.0. The molecule has 0 saturated carbocycles. The molecule has 0 radical (unpaired) electrons. The summed E-state index contributed by atoms with van der Waals surface area (Å²) in [6.07, 6.45) is 0. The fourth-order valence-electron chi connectivity index (χ4n) is 2.97. The molecule has 5 rings (SSSR count). The molecule has 0 spiro atoms. The van der Waals surface area contributed by atoms with E-state index in [1.54, 1.807) is 24.3 Å². The molecule has 0 aliphatic carbocycles. The molecule has 29 heavy (non-hydrogen) atoms. The molecule has 0 unspecified atom stereocenters. The third kappa shape index (κ3) is 3.26. The zero-order chi connectivity index (χ0) is 19.8. The Kier molecular flexibility index (Phi) is 4.10. The van der Waals surface area contributed by atoms with Crippen LogP contribution >= 0.6 is 11.6 Å². The summed E-state index contributed by atoms with van der Waals surface area (Å²) in [4.78, 5) is 0. The van der Waals surface area contributed by atoms with Crippen LogP contribution in [-0.4, -0.2) is 25.2 Å². The molecular formula is C20H14ClN7O. The van der Waals surface area contributed by atoms with E-state index in [0.29, 0.717) is 10.7 Å². The maximum absolute atomic E-state index is 6.19. The summed E-state index contributed by atoms with van der Waals surface area (Å²) in [5, 5.41) is 22.2. The van der Waals surface area contributed by atoms with E-state index in [9.17, 15) is 0 Å². The number of rotatable bonds is 4. The highest BCUT2D eigenvalue weighted by Crippen LogP contribution is 2.27. The Balaban J connectivity index is 1.41. The number of hydrogen-bond donors (Lipinski definition) is 2. The minimum absolute atomic E-state index is 0.172. The molecule has 2 aromatic heterocycles. The van der Waals surface area contributed by atoms with Gasteiger partial charge in [0.2, 0.25) is 0 Å². The third-order valence-electron chi connectivity index (χ3n) is 4.40. The van der Waals surface area contributed by atoms with Crippen LogP contribution in [0.15, 0.2) is 71.1 Å². The normalized spacial score (nSPS) is 11.1. The monoisotopic (exact) mass is 403 g/mol. The molecule has 0 fully saturated rings. The highest BCUT2D eigenvalue weighted by molar-refractivity contribution is 6.30. The summed E-state index contributed by atoms with van der Waals surface area (Å²) in [5.41, 5.74) is 8.04. The maximum Gasteiger partial charge on any atom is 0.320 e. The van der Waals surface area contributed by atoms with Gasteiger partial charge in [0, 0.05) is 10.7 Å².